The van der Waals surface area contributed by atoms with E-state index in [1.807, 2.05) is 0 Å². The molecule has 8 heteroatoms. The number of carbonyl (C=O) groups excluding carboxylic acids is 1. The Morgan fingerprint density at radius 1 is 1.21 bits per heavy atom. The van der Waals surface area contributed by atoms with Crippen molar-refractivity contribution in [1.29, 1.82) is 0 Å². The molecule has 0 spiro atoms. The molecule has 0 atom stereocenters. The highest BCUT2D eigenvalue weighted by Gasteiger charge is 2.20. The summed E-state index contributed by atoms with van der Waals surface area (Å²) in [6, 6.07) is 6.87. The quantitative estimate of drug-likeness (QED) is 0.872. The molecule has 0 saturated heterocycles. The largest absolute Gasteiger partial charge is 0.545 e. The first-order valence-corrected chi connectivity index (χ1v) is 8.71. The van der Waals surface area contributed by atoms with Gasteiger partial charge in [0.1, 0.15) is 5.75 Å². The second kappa shape index (κ2) is 6.70. The molecule has 0 aromatic heterocycles. The van der Waals surface area contributed by atoms with Crippen molar-refractivity contribution < 1.29 is 23.1 Å². The lowest BCUT2D eigenvalue weighted by Gasteiger charge is -2.15. The van der Waals surface area contributed by atoms with Gasteiger partial charge in [-0.25, -0.2) is 8.42 Å². The maximum atomic E-state index is 12.6. The first-order valence-electron chi connectivity index (χ1n) is 6.84. The van der Waals surface area contributed by atoms with Crippen molar-refractivity contribution >= 4 is 33.3 Å². The minimum atomic E-state index is -4.00. The number of benzene rings is 2. The van der Waals surface area contributed by atoms with Crippen LogP contribution in [-0.4, -0.2) is 21.5 Å². The Hall–Kier alpha value is -2.25. The number of ether oxygens (including phenoxy) is 1. The Morgan fingerprint density at radius 2 is 1.88 bits per heavy atom. The van der Waals surface area contributed by atoms with Gasteiger partial charge in [-0.1, -0.05) is 11.6 Å². The average Bonchev–Trinajstić information content (AvgIpc) is 2.49. The first-order chi connectivity index (χ1) is 11.2. The fourth-order valence-electron chi connectivity index (χ4n) is 2.16. The molecule has 2 rings (SSSR count). The van der Waals surface area contributed by atoms with Gasteiger partial charge in [0.15, 0.2) is 0 Å². The van der Waals surface area contributed by atoms with Crippen molar-refractivity contribution in [3.05, 3.63) is 52.0 Å². The maximum Gasteiger partial charge on any atom is 0.262 e. The van der Waals surface area contributed by atoms with Crippen molar-refractivity contribution in [2.75, 3.05) is 11.8 Å². The van der Waals surface area contributed by atoms with Gasteiger partial charge in [-0.05, 0) is 60.9 Å². The summed E-state index contributed by atoms with van der Waals surface area (Å²) in [4.78, 5) is 10.9. The molecule has 0 heterocycles. The number of rotatable bonds is 5. The molecule has 0 radical (unpaired) electrons. The van der Waals surface area contributed by atoms with Crippen LogP contribution in [0.1, 0.15) is 21.5 Å². The second-order valence-corrected chi connectivity index (χ2v) is 7.22. The molecule has 0 amide bonds. The van der Waals surface area contributed by atoms with Crippen molar-refractivity contribution in [3.63, 3.8) is 0 Å². The molecule has 0 aliphatic heterocycles. The highest BCUT2D eigenvalue weighted by Crippen LogP contribution is 2.29. The lowest BCUT2D eigenvalue weighted by molar-refractivity contribution is -0.255. The third kappa shape index (κ3) is 3.63. The van der Waals surface area contributed by atoms with Gasteiger partial charge in [0, 0.05) is 0 Å². The number of aryl methyl sites for hydroxylation is 1. The number of anilines is 1. The maximum absolute atomic E-state index is 12.6. The molecule has 0 aliphatic carbocycles. The molecule has 1 N–H and O–H groups in total. The van der Waals surface area contributed by atoms with Crippen LogP contribution < -0.4 is 14.6 Å². The highest BCUT2D eigenvalue weighted by molar-refractivity contribution is 7.92. The number of sulfonamides is 1. The molecule has 6 nitrogen and oxygen atoms in total. The van der Waals surface area contributed by atoms with E-state index >= 15 is 0 Å². The van der Waals surface area contributed by atoms with Gasteiger partial charge >= 0.3 is 0 Å². The number of carboxylic acids is 1. The zero-order chi connectivity index (χ0) is 18.1. The monoisotopic (exact) mass is 368 g/mol. The molecule has 128 valence electrons. The minimum absolute atomic E-state index is 0.131. The number of aromatic carboxylic acids is 1. The van der Waals surface area contributed by atoms with Gasteiger partial charge in [0.2, 0.25) is 0 Å². The summed E-state index contributed by atoms with van der Waals surface area (Å²) in [5.74, 6) is -1.03. The smallest absolute Gasteiger partial charge is 0.262 e. The number of halogens is 1. The van der Waals surface area contributed by atoms with E-state index in [2.05, 4.69) is 4.72 Å². The van der Waals surface area contributed by atoms with Gasteiger partial charge in [-0.2, -0.15) is 0 Å². The van der Waals surface area contributed by atoms with Crippen LogP contribution >= 0.6 is 11.6 Å². The molecule has 0 aliphatic rings. The standard InChI is InChI=1S/C16H16ClNO5S/c1-9-6-11(16(19)20)7-15(10(9)2)24(21,22)18-12-4-5-14(23-3)13(17)8-12/h4-8,18H,1-3H3,(H,19,20)/p-1. The minimum Gasteiger partial charge on any atom is -0.545 e. The zero-order valence-corrected chi connectivity index (χ0v) is 14.8. The highest BCUT2D eigenvalue weighted by atomic mass is 35.5. The molecule has 0 saturated carbocycles. The summed E-state index contributed by atoms with van der Waals surface area (Å²) in [6.07, 6.45) is 0. The van der Waals surface area contributed by atoms with Crippen molar-refractivity contribution in [2.45, 2.75) is 18.7 Å². The van der Waals surface area contributed by atoms with Crippen LogP contribution in [-0.2, 0) is 10.0 Å². The van der Waals surface area contributed by atoms with Crippen LogP contribution in [0.15, 0.2) is 35.2 Å². The molecule has 0 unspecified atom stereocenters. The molecular weight excluding hydrogens is 354 g/mol. The molecule has 2 aromatic carbocycles. The average molecular weight is 369 g/mol. The second-order valence-electron chi connectivity index (χ2n) is 5.16. The zero-order valence-electron chi connectivity index (χ0n) is 13.2. The number of methoxy groups -OCH3 is 1. The number of carboxylic acid groups (broad SMARTS) is 1. The van der Waals surface area contributed by atoms with Gasteiger partial charge < -0.3 is 14.6 Å². The Kier molecular flexibility index (Phi) is 5.05. The summed E-state index contributed by atoms with van der Waals surface area (Å²) in [6.45, 7) is 3.23. The van der Waals surface area contributed by atoms with E-state index in [9.17, 15) is 18.3 Å². The van der Waals surface area contributed by atoms with Gasteiger partial charge in [-0.15, -0.1) is 0 Å². The van der Waals surface area contributed by atoms with E-state index in [-0.39, 0.29) is 21.2 Å². The number of hydrogen-bond donors (Lipinski definition) is 1. The predicted molar refractivity (Wildman–Crippen MR) is 89.1 cm³/mol. The number of carbonyl (C=O) groups is 1. The van der Waals surface area contributed by atoms with E-state index in [0.29, 0.717) is 16.9 Å². The lowest BCUT2D eigenvalue weighted by atomic mass is 10.1. The van der Waals surface area contributed by atoms with Gasteiger partial charge in [0.05, 0.1) is 28.7 Å². The molecule has 24 heavy (non-hydrogen) atoms. The van der Waals surface area contributed by atoms with E-state index in [0.717, 1.165) is 6.07 Å². The van der Waals surface area contributed by atoms with Crippen molar-refractivity contribution in [1.82, 2.24) is 0 Å². The van der Waals surface area contributed by atoms with Gasteiger partial charge in [0.25, 0.3) is 10.0 Å². The summed E-state index contributed by atoms with van der Waals surface area (Å²) < 4.78 is 32.6. The van der Waals surface area contributed by atoms with E-state index in [4.69, 9.17) is 16.3 Å². The van der Waals surface area contributed by atoms with Crippen LogP contribution in [0.2, 0.25) is 5.02 Å². The van der Waals surface area contributed by atoms with Crippen molar-refractivity contribution in [3.8, 4) is 5.75 Å². The van der Waals surface area contributed by atoms with Crippen LogP contribution in [0.5, 0.6) is 5.75 Å². The first kappa shape index (κ1) is 18.1. The molecule has 2 aromatic rings. The molecule has 0 bridgehead atoms. The predicted octanol–water partition coefficient (Wildman–Crippen LogP) is 2.13. The van der Waals surface area contributed by atoms with Crippen LogP contribution in [0.4, 0.5) is 5.69 Å². The topological polar surface area (TPSA) is 95.5 Å². The Morgan fingerprint density at radius 3 is 2.42 bits per heavy atom. The van der Waals surface area contributed by atoms with Crippen LogP contribution in [0.3, 0.4) is 0 Å². The SMILES string of the molecule is COc1ccc(NS(=O)(=O)c2cc(C(=O)[O-])cc(C)c2C)cc1Cl. The molecule has 0 fully saturated rings. The Balaban J connectivity index is 2.48. The third-order valence-electron chi connectivity index (χ3n) is 3.55. The fourth-order valence-corrected chi connectivity index (χ4v) is 3.82. The van der Waals surface area contributed by atoms with Crippen molar-refractivity contribution in [2.24, 2.45) is 0 Å². The lowest BCUT2D eigenvalue weighted by Crippen LogP contribution is -2.23. The summed E-state index contributed by atoms with van der Waals surface area (Å²) >= 11 is 5.98. The summed E-state index contributed by atoms with van der Waals surface area (Å²) in [5, 5.41) is 11.3. The van der Waals surface area contributed by atoms with E-state index in [1.54, 1.807) is 13.8 Å². The Labute approximate surface area is 145 Å². The van der Waals surface area contributed by atoms with Crippen LogP contribution in [0.25, 0.3) is 0 Å². The fraction of sp³-hybridized carbons (Fsp3) is 0.188. The van der Waals surface area contributed by atoms with E-state index < -0.39 is 16.0 Å². The number of nitrogens with one attached hydrogen (secondary N) is 1. The number of hydrogen-bond acceptors (Lipinski definition) is 5. The normalized spacial score (nSPS) is 11.2. The van der Waals surface area contributed by atoms with Crippen LogP contribution in [0, 0.1) is 13.8 Å². The third-order valence-corrected chi connectivity index (χ3v) is 5.35. The van der Waals surface area contributed by atoms with E-state index in [1.165, 1.54) is 31.4 Å². The summed E-state index contributed by atoms with van der Waals surface area (Å²) in [7, 11) is -2.55. The molecular formula is C16H15ClNO5S-. The van der Waals surface area contributed by atoms with Gasteiger partial charge in [-0.3, -0.25) is 4.72 Å². The summed E-state index contributed by atoms with van der Waals surface area (Å²) in [5.41, 5.74) is 1.01. The Bertz CT molecular complexity index is 909.